The lowest BCUT2D eigenvalue weighted by atomic mass is 10.00. The van der Waals surface area contributed by atoms with E-state index in [1.807, 2.05) is 6.07 Å². The lowest BCUT2D eigenvalue weighted by molar-refractivity contribution is 0.170. The van der Waals surface area contributed by atoms with Gasteiger partial charge < -0.3 is 10.4 Å². The Labute approximate surface area is 114 Å². The first-order valence-corrected chi connectivity index (χ1v) is 7.91. The van der Waals surface area contributed by atoms with Crippen LogP contribution in [-0.2, 0) is 10.0 Å². The van der Waals surface area contributed by atoms with E-state index in [4.69, 9.17) is 5.11 Å². The van der Waals surface area contributed by atoms with Crippen LogP contribution in [0.3, 0.4) is 0 Å². The van der Waals surface area contributed by atoms with E-state index < -0.39 is 10.0 Å². The average molecular weight is 284 g/mol. The Bertz CT molecular complexity index is 522. The molecule has 1 aliphatic rings. The molecule has 1 heterocycles. The van der Waals surface area contributed by atoms with Crippen LogP contribution in [0.5, 0.6) is 0 Å². The molecule has 0 spiro atoms. The van der Waals surface area contributed by atoms with Crippen molar-refractivity contribution >= 4 is 15.7 Å². The zero-order chi connectivity index (χ0) is 13.9. The largest absolute Gasteiger partial charge is 0.396 e. The molecule has 1 aromatic carbocycles. The summed E-state index contributed by atoms with van der Waals surface area (Å²) in [7, 11) is -1.73. The number of nitrogens with one attached hydrogen (secondary N) is 1. The van der Waals surface area contributed by atoms with Crippen LogP contribution < -0.4 is 5.32 Å². The Kier molecular flexibility index (Phi) is 4.44. The molecule has 0 aromatic heterocycles. The summed E-state index contributed by atoms with van der Waals surface area (Å²) in [4.78, 5) is 0.319. The van der Waals surface area contributed by atoms with Crippen LogP contribution >= 0.6 is 0 Å². The van der Waals surface area contributed by atoms with Crippen molar-refractivity contribution in [2.45, 2.75) is 17.7 Å². The van der Waals surface area contributed by atoms with Gasteiger partial charge in [-0.2, -0.15) is 4.31 Å². The van der Waals surface area contributed by atoms with Gasteiger partial charge in [0.25, 0.3) is 0 Å². The molecule has 0 atom stereocenters. The second kappa shape index (κ2) is 5.90. The lowest BCUT2D eigenvalue weighted by Crippen LogP contribution is -2.39. The van der Waals surface area contributed by atoms with Crippen molar-refractivity contribution in [3.8, 4) is 0 Å². The standard InChI is InChI=1S/C13H20N2O3S/c1-14-12-4-2-3-5-13(12)19(17,18)15-8-6-11(10-16)7-9-15/h2-5,11,14,16H,6-10H2,1H3. The fraction of sp³-hybridized carbons (Fsp3) is 0.538. The first-order valence-electron chi connectivity index (χ1n) is 6.47. The Hall–Kier alpha value is -1.11. The minimum atomic E-state index is -3.45. The smallest absolute Gasteiger partial charge is 0.245 e. The Morgan fingerprint density at radius 1 is 1.32 bits per heavy atom. The summed E-state index contributed by atoms with van der Waals surface area (Å²) in [5, 5.41) is 12.0. The minimum Gasteiger partial charge on any atom is -0.396 e. The highest BCUT2D eigenvalue weighted by atomic mass is 32.2. The van der Waals surface area contributed by atoms with E-state index in [1.54, 1.807) is 25.2 Å². The number of aliphatic hydroxyl groups excluding tert-OH is 1. The molecular weight excluding hydrogens is 264 g/mol. The number of anilines is 1. The number of benzene rings is 1. The zero-order valence-corrected chi connectivity index (χ0v) is 11.9. The van der Waals surface area contributed by atoms with Crippen LogP contribution in [0.1, 0.15) is 12.8 Å². The molecule has 19 heavy (non-hydrogen) atoms. The number of sulfonamides is 1. The SMILES string of the molecule is CNc1ccccc1S(=O)(=O)N1CCC(CO)CC1. The Morgan fingerprint density at radius 3 is 2.53 bits per heavy atom. The van der Waals surface area contributed by atoms with Crippen molar-refractivity contribution in [3.05, 3.63) is 24.3 Å². The number of para-hydroxylation sites is 1. The van der Waals surface area contributed by atoms with Crippen molar-refractivity contribution in [2.24, 2.45) is 5.92 Å². The van der Waals surface area contributed by atoms with Gasteiger partial charge in [0, 0.05) is 26.7 Å². The highest BCUT2D eigenvalue weighted by Gasteiger charge is 2.30. The molecule has 1 aliphatic heterocycles. The number of hydrogen-bond acceptors (Lipinski definition) is 4. The van der Waals surface area contributed by atoms with Gasteiger partial charge in [0.15, 0.2) is 0 Å². The maximum absolute atomic E-state index is 12.6. The van der Waals surface area contributed by atoms with Crippen LogP contribution in [0.2, 0.25) is 0 Å². The molecule has 2 N–H and O–H groups in total. The number of piperidine rings is 1. The first-order chi connectivity index (χ1) is 9.09. The molecule has 1 aromatic rings. The highest BCUT2D eigenvalue weighted by Crippen LogP contribution is 2.27. The van der Waals surface area contributed by atoms with Crippen molar-refractivity contribution in [3.63, 3.8) is 0 Å². The third-order valence-electron chi connectivity index (χ3n) is 3.61. The molecule has 5 nitrogen and oxygen atoms in total. The summed E-state index contributed by atoms with van der Waals surface area (Å²) >= 11 is 0. The van der Waals surface area contributed by atoms with Crippen LogP contribution in [0.25, 0.3) is 0 Å². The maximum Gasteiger partial charge on any atom is 0.245 e. The predicted octanol–water partition coefficient (Wildman–Crippen LogP) is 1.12. The summed E-state index contributed by atoms with van der Waals surface area (Å²) in [6.45, 7) is 1.10. The van der Waals surface area contributed by atoms with Gasteiger partial charge in [-0.25, -0.2) is 8.42 Å². The molecule has 1 fully saturated rings. The highest BCUT2D eigenvalue weighted by molar-refractivity contribution is 7.89. The number of aliphatic hydroxyl groups is 1. The third kappa shape index (κ3) is 2.91. The van der Waals surface area contributed by atoms with Gasteiger partial charge in [0.2, 0.25) is 10.0 Å². The Morgan fingerprint density at radius 2 is 1.95 bits per heavy atom. The lowest BCUT2D eigenvalue weighted by Gasteiger charge is -2.30. The molecule has 0 bridgehead atoms. The number of nitrogens with zero attached hydrogens (tertiary/aromatic N) is 1. The quantitative estimate of drug-likeness (QED) is 0.869. The van der Waals surface area contributed by atoms with Gasteiger partial charge in [0.1, 0.15) is 4.90 Å². The van der Waals surface area contributed by atoms with Gasteiger partial charge in [0.05, 0.1) is 5.69 Å². The molecule has 106 valence electrons. The maximum atomic E-state index is 12.6. The molecule has 0 unspecified atom stereocenters. The van der Waals surface area contributed by atoms with Crippen LogP contribution in [0.4, 0.5) is 5.69 Å². The molecule has 0 radical (unpaired) electrons. The summed E-state index contributed by atoms with van der Waals surface area (Å²) in [6.07, 6.45) is 1.44. The number of hydrogen-bond donors (Lipinski definition) is 2. The van der Waals surface area contributed by atoms with Crippen LogP contribution in [-0.4, -0.2) is 44.6 Å². The summed E-state index contributed by atoms with van der Waals surface area (Å²) in [5.41, 5.74) is 0.617. The Balaban J connectivity index is 2.23. The van der Waals surface area contributed by atoms with E-state index in [9.17, 15) is 8.42 Å². The minimum absolute atomic E-state index is 0.140. The fourth-order valence-corrected chi connectivity index (χ4v) is 4.04. The fourth-order valence-electron chi connectivity index (χ4n) is 2.37. The molecule has 0 amide bonds. The molecular formula is C13H20N2O3S. The average Bonchev–Trinajstić information content (AvgIpc) is 2.47. The summed E-state index contributed by atoms with van der Waals surface area (Å²) in [6, 6.07) is 6.92. The second-order valence-electron chi connectivity index (χ2n) is 4.78. The molecule has 2 rings (SSSR count). The van der Waals surface area contributed by atoms with Crippen molar-refractivity contribution in [2.75, 3.05) is 32.1 Å². The van der Waals surface area contributed by atoms with E-state index in [1.165, 1.54) is 4.31 Å². The van der Waals surface area contributed by atoms with Crippen molar-refractivity contribution in [1.82, 2.24) is 4.31 Å². The van der Waals surface area contributed by atoms with Gasteiger partial charge >= 0.3 is 0 Å². The van der Waals surface area contributed by atoms with Crippen LogP contribution in [0, 0.1) is 5.92 Å². The van der Waals surface area contributed by atoms with E-state index in [0.29, 0.717) is 23.7 Å². The third-order valence-corrected chi connectivity index (χ3v) is 5.56. The summed E-state index contributed by atoms with van der Waals surface area (Å²) in [5.74, 6) is 0.228. The van der Waals surface area contributed by atoms with Gasteiger partial charge in [-0.05, 0) is 30.9 Å². The van der Waals surface area contributed by atoms with E-state index in [0.717, 1.165) is 12.8 Å². The van der Waals surface area contributed by atoms with E-state index >= 15 is 0 Å². The van der Waals surface area contributed by atoms with Gasteiger partial charge in [-0.1, -0.05) is 12.1 Å². The first kappa shape index (κ1) is 14.3. The molecule has 0 aliphatic carbocycles. The number of rotatable bonds is 4. The predicted molar refractivity (Wildman–Crippen MR) is 74.6 cm³/mol. The van der Waals surface area contributed by atoms with Gasteiger partial charge in [-0.3, -0.25) is 0 Å². The molecule has 0 saturated carbocycles. The topological polar surface area (TPSA) is 69.6 Å². The molecule has 1 saturated heterocycles. The second-order valence-corrected chi connectivity index (χ2v) is 6.68. The van der Waals surface area contributed by atoms with E-state index in [-0.39, 0.29) is 12.5 Å². The van der Waals surface area contributed by atoms with E-state index in [2.05, 4.69) is 5.32 Å². The van der Waals surface area contributed by atoms with Crippen molar-refractivity contribution < 1.29 is 13.5 Å². The summed E-state index contributed by atoms with van der Waals surface area (Å²) < 4.78 is 26.7. The van der Waals surface area contributed by atoms with Crippen molar-refractivity contribution in [1.29, 1.82) is 0 Å². The van der Waals surface area contributed by atoms with Gasteiger partial charge in [-0.15, -0.1) is 0 Å². The normalized spacial score (nSPS) is 18.4. The monoisotopic (exact) mass is 284 g/mol. The zero-order valence-electron chi connectivity index (χ0n) is 11.0. The van der Waals surface area contributed by atoms with Crippen LogP contribution in [0.15, 0.2) is 29.2 Å². The molecule has 6 heteroatoms.